The van der Waals surface area contributed by atoms with E-state index in [0.717, 1.165) is 15.3 Å². The van der Waals surface area contributed by atoms with Crippen molar-refractivity contribution in [2.75, 3.05) is 24.3 Å². The van der Waals surface area contributed by atoms with Crippen molar-refractivity contribution in [2.45, 2.75) is 43.4 Å². The van der Waals surface area contributed by atoms with Gasteiger partial charge < -0.3 is 20.3 Å². The average molecular weight is 597 g/mol. The van der Waals surface area contributed by atoms with Crippen LogP contribution in [0.4, 0.5) is 16.4 Å². The van der Waals surface area contributed by atoms with Gasteiger partial charge in [0, 0.05) is 46.6 Å². The highest BCUT2D eigenvalue weighted by atomic mass is 32.2. The fourth-order valence-electron chi connectivity index (χ4n) is 4.37. The van der Waals surface area contributed by atoms with Gasteiger partial charge in [-0.3, -0.25) is 24.5 Å². The van der Waals surface area contributed by atoms with Gasteiger partial charge in [0.2, 0.25) is 11.8 Å². The topological polar surface area (TPSA) is 148 Å². The molecule has 1 atom stereocenters. The van der Waals surface area contributed by atoms with Crippen LogP contribution in [-0.4, -0.2) is 52.4 Å². The molecular weight excluding hydrogens is 568 g/mol. The highest BCUT2D eigenvalue weighted by Gasteiger charge is 2.31. The number of rotatable bonds is 9. The maximum Gasteiger partial charge on any atom is 0.341 e. The number of carbonyl (C=O) groups is 4. The monoisotopic (exact) mass is 596 g/mol. The molecule has 1 aromatic heterocycles. The van der Waals surface area contributed by atoms with Crippen LogP contribution >= 0.6 is 23.1 Å². The lowest BCUT2D eigenvalue weighted by Crippen LogP contribution is -2.34. The molecule has 13 heteroatoms. The lowest BCUT2D eigenvalue weighted by molar-refractivity contribution is -0.384. The molecule has 214 valence electrons. The number of nitro benzene ring substituents is 1. The Morgan fingerprint density at radius 1 is 1.15 bits per heavy atom. The minimum absolute atomic E-state index is 0.0554. The van der Waals surface area contributed by atoms with Gasteiger partial charge in [-0.1, -0.05) is 19.1 Å². The molecule has 0 bridgehead atoms. The first-order valence-corrected chi connectivity index (χ1v) is 14.4. The number of ether oxygens (including phenoxy) is 1. The molecule has 3 amide bonds. The Balaban J connectivity index is 1.48. The van der Waals surface area contributed by atoms with E-state index in [-0.39, 0.29) is 23.1 Å². The third-order valence-electron chi connectivity index (χ3n) is 6.48. The standard InChI is InChI=1S/C28H28N4O7S2/c1-4-22(26(35)30-27-24(28(36)39-3)21-11-12-31(16(2)33)15-23(21)41-27)40-20-10-6-8-18(14-20)29-25(34)17-7-5-9-19(13-17)32(37)38/h5-10,13-14,22H,4,11-12,15H2,1-3H3,(H,29,34)(H,30,35). The first-order chi connectivity index (χ1) is 19.6. The SMILES string of the molecule is CCC(Sc1cccc(NC(=O)c2cccc([N+](=O)[O-])c2)c1)C(=O)Nc1sc2c(c1C(=O)OC)CCN(C(C)=O)C2. The summed E-state index contributed by atoms with van der Waals surface area (Å²) in [5, 5.41) is 16.6. The van der Waals surface area contributed by atoms with Gasteiger partial charge >= 0.3 is 5.97 Å². The molecule has 0 radical (unpaired) electrons. The molecule has 0 spiro atoms. The van der Waals surface area contributed by atoms with Crippen LogP contribution in [0.2, 0.25) is 0 Å². The number of nitro groups is 1. The van der Waals surface area contributed by atoms with E-state index in [4.69, 9.17) is 4.74 Å². The number of methoxy groups -OCH3 is 1. The van der Waals surface area contributed by atoms with Crippen molar-refractivity contribution >= 4 is 63.2 Å². The smallest absolute Gasteiger partial charge is 0.341 e. The molecule has 2 aromatic carbocycles. The summed E-state index contributed by atoms with van der Waals surface area (Å²) in [6.45, 7) is 4.23. The minimum Gasteiger partial charge on any atom is -0.465 e. The van der Waals surface area contributed by atoms with E-state index < -0.39 is 22.0 Å². The van der Waals surface area contributed by atoms with Gasteiger partial charge in [0.05, 0.1) is 29.4 Å². The molecule has 0 aliphatic carbocycles. The number of hydrogen-bond donors (Lipinski definition) is 2. The van der Waals surface area contributed by atoms with Crippen LogP contribution in [0.3, 0.4) is 0 Å². The number of fused-ring (bicyclic) bond motifs is 1. The largest absolute Gasteiger partial charge is 0.465 e. The zero-order valence-corrected chi connectivity index (χ0v) is 24.2. The van der Waals surface area contributed by atoms with E-state index in [1.165, 1.54) is 61.4 Å². The molecule has 1 aliphatic rings. The molecule has 2 heterocycles. The van der Waals surface area contributed by atoms with Gasteiger partial charge in [-0.25, -0.2) is 4.79 Å². The molecule has 11 nitrogen and oxygen atoms in total. The molecule has 0 fully saturated rings. The van der Waals surface area contributed by atoms with E-state index in [1.54, 1.807) is 23.1 Å². The Bertz CT molecular complexity index is 1520. The van der Waals surface area contributed by atoms with Crippen LogP contribution in [0.15, 0.2) is 53.4 Å². The highest BCUT2D eigenvalue weighted by Crippen LogP contribution is 2.38. The zero-order valence-electron chi connectivity index (χ0n) is 22.6. The lowest BCUT2D eigenvalue weighted by Gasteiger charge is -2.25. The summed E-state index contributed by atoms with van der Waals surface area (Å²) in [6, 6.07) is 12.4. The van der Waals surface area contributed by atoms with Crippen LogP contribution in [0.5, 0.6) is 0 Å². The second-order valence-electron chi connectivity index (χ2n) is 9.18. The second-order valence-corrected chi connectivity index (χ2v) is 11.6. The fraction of sp³-hybridized carbons (Fsp3) is 0.286. The summed E-state index contributed by atoms with van der Waals surface area (Å²) in [7, 11) is 1.29. The maximum atomic E-state index is 13.4. The van der Waals surface area contributed by atoms with Crippen LogP contribution in [0.25, 0.3) is 0 Å². The maximum absolute atomic E-state index is 13.4. The molecule has 41 heavy (non-hydrogen) atoms. The number of carbonyl (C=O) groups excluding carboxylic acids is 4. The summed E-state index contributed by atoms with van der Waals surface area (Å²) in [5.74, 6) is -1.39. The molecule has 1 aliphatic heterocycles. The molecule has 3 aromatic rings. The zero-order chi connectivity index (χ0) is 29.7. The summed E-state index contributed by atoms with van der Waals surface area (Å²) in [4.78, 5) is 64.3. The normalized spacial score (nSPS) is 13.1. The van der Waals surface area contributed by atoms with Crippen molar-refractivity contribution in [2.24, 2.45) is 0 Å². The predicted molar refractivity (Wildman–Crippen MR) is 157 cm³/mol. The van der Waals surface area contributed by atoms with Crippen molar-refractivity contribution in [3.8, 4) is 0 Å². The summed E-state index contributed by atoms with van der Waals surface area (Å²) in [6.07, 6.45) is 0.976. The Morgan fingerprint density at radius 2 is 1.90 bits per heavy atom. The molecule has 1 unspecified atom stereocenters. The van der Waals surface area contributed by atoms with Crippen molar-refractivity contribution in [1.29, 1.82) is 0 Å². The molecular formula is C28H28N4O7S2. The third-order valence-corrected chi connectivity index (χ3v) is 8.97. The number of non-ortho nitro benzene ring substituents is 1. The number of benzene rings is 2. The Kier molecular flexibility index (Phi) is 9.40. The minimum atomic E-state index is -0.565. The Morgan fingerprint density at radius 3 is 2.59 bits per heavy atom. The van der Waals surface area contributed by atoms with Crippen LogP contribution in [0, 0.1) is 10.1 Å². The molecule has 0 saturated carbocycles. The second kappa shape index (κ2) is 13.0. The van der Waals surface area contributed by atoms with E-state index in [9.17, 15) is 29.3 Å². The van der Waals surface area contributed by atoms with Gasteiger partial charge in [0.15, 0.2) is 0 Å². The molecule has 4 rings (SSSR count). The van der Waals surface area contributed by atoms with E-state index in [0.29, 0.717) is 42.2 Å². The number of anilines is 2. The van der Waals surface area contributed by atoms with Crippen molar-refractivity contribution < 1.29 is 28.8 Å². The van der Waals surface area contributed by atoms with E-state index >= 15 is 0 Å². The lowest BCUT2D eigenvalue weighted by atomic mass is 10.0. The van der Waals surface area contributed by atoms with Crippen LogP contribution in [-0.2, 0) is 27.3 Å². The van der Waals surface area contributed by atoms with E-state index in [2.05, 4.69) is 10.6 Å². The first kappa shape index (κ1) is 29.7. The quantitative estimate of drug-likeness (QED) is 0.150. The molecule has 2 N–H and O–H groups in total. The number of esters is 1. The third kappa shape index (κ3) is 6.92. The van der Waals surface area contributed by atoms with Crippen molar-refractivity contribution in [3.63, 3.8) is 0 Å². The Hall–Kier alpha value is -4.23. The fourth-order valence-corrected chi connectivity index (χ4v) is 6.64. The van der Waals surface area contributed by atoms with Gasteiger partial charge in [-0.2, -0.15) is 0 Å². The number of nitrogens with zero attached hydrogens (tertiary/aromatic N) is 2. The highest BCUT2D eigenvalue weighted by molar-refractivity contribution is 8.00. The Labute approximate surface area is 244 Å². The van der Waals surface area contributed by atoms with Gasteiger partial charge in [-0.15, -0.1) is 23.1 Å². The number of amides is 3. The first-order valence-electron chi connectivity index (χ1n) is 12.7. The van der Waals surface area contributed by atoms with Gasteiger partial charge in [-0.05, 0) is 42.7 Å². The predicted octanol–water partition coefficient (Wildman–Crippen LogP) is 5.11. The van der Waals surface area contributed by atoms with Gasteiger partial charge in [0.1, 0.15) is 5.00 Å². The van der Waals surface area contributed by atoms with E-state index in [1.807, 2.05) is 13.0 Å². The summed E-state index contributed by atoms with van der Waals surface area (Å²) in [5.41, 5.74) is 1.56. The summed E-state index contributed by atoms with van der Waals surface area (Å²) >= 11 is 2.58. The van der Waals surface area contributed by atoms with Crippen molar-refractivity contribution in [3.05, 3.63) is 80.2 Å². The molecule has 0 saturated heterocycles. The number of thioether (sulfide) groups is 1. The van der Waals surface area contributed by atoms with Gasteiger partial charge in [0.25, 0.3) is 11.6 Å². The number of hydrogen-bond acceptors (Lipinski definition) is 9. The van der Waals surface area contributed by atoms with Crippen molar-refractivity contribution in [1.82, 2.24) is 4.90 Å². The summed E-state index contributed by atoms with van der Waals surface area (Å²) < 4.78 is 5.00. The average Bonchev–Trinajstić information content (AvgIpc) is 3.32. The number of thiophene rings is 1. The number of nitrogens with one attached hydrogen (secondary N) is 2. The van der Waals surface area contributed by atoms with Crippen LogP contribution < -0.4 is 10.6 Å². The van der Waals surface area contributed by atoms with Crippen LogP contribution in [0.1, 0.15) is 51.4 Å².